The van der Waals surface area contributed by atoms with E-state index in [1.165, 1.54) is 0 Å². The third kappa shape index (κ3) is 6.47. The van der Waals surface area contributed by atoms with E-state index >= 15 is 0 Å². The number of aliphatic hydroxyl groups is 1. The highest BCUT2D eigenvalue weighted by molar-refractivity contribution is 14.1. The van der Waals surface area contributed by atoms with Crippen LogP contribution in [0.3, 0.4) is 0 Å². The van der Waals surface area contributed by atoms with Crippen molar-refractivity contribution in [2.45, 2.75) is 39.7 Å². The van der Waals surface area contributed by atoms with Crippen LogP contribution in [-0.2, 0) is 9.53 Å². The summed E-state index contributed by atoms with van der Waals surface area (Å²) in [5.41, 5.74) is 0.872. The van der Waals surface area contributed by atoms with Crippen LogP contribution in [0.15, 0.2) is 18.2 Å². The lowest BCUT2D eigenvalue weighted by atomic mass is 10.1. The minimum atomic E-state index is -0.505. The number of rotatable bonds is 9. The van der Waals surface area contributed by atoms with Gasteiger partial charge in [0, 0.05) is 28.8 Å². The molecule has 0 saturated heterocycles. The van der Waals surface area contributed by atoms with E-state index in [1.54, 1.807) is 0 Å². The molecule has 130 valence electrons. The number of hydrogen-bond donors (Lipinski definition) is 1. The zero-order valence-corrected chi connectivity index (χ0v) is 16.8. The van der Waals surface area contributed by atoms with E-state index in [9.17, 15) is 9.90 Å². The number of esters is 1. The molecular formula is C17H25ClINO3. The number of ether oxygens (including phenoxy) is 1. The molecule has 1 aromatic carbocycles. The Kier molecular flexibility index (Phi) is 9.24. The zero-order valence-electron chi connectivity index (χ0n) is 13.9. The summed E-state index contributed by atoms with van der Waals surface area (Å²) < 4.78 is 6.36. The van der Waals surface area contributed by atoms with E-state index < -0.39 is 6.04 Å². The summed E-state index contributed by atoms with van der Waals surface area (Å²) in [6.07, 6.45) is 1.21. The summed E-state index contributed by atoms with van der Waals surface area (Å²) in [5.74, 6) is -0.0167. The highest BCUT2D eigenvalue weighted by Gasteiger charge is 2.27. The van der Waals surface area contributed by atoms with Crippen molar-refractivity contribution >= 4 is 45.8 Å². The molecule has 1 atom stereocenters. The predicted molar refractivity (Wildman–Crippen MR) is 103 cm³/mol. The van der Waals surface area contributed by atoms with Crippen LogP contribution in [0.5, 0.6) is 0 Å². The third-order valence-electron chi connectivity index (χ3n) is 3.31. The van der Waals surface area contributed by atoms with E-state index in [1.807, 2.05) is 36.9 Å². The first-order chi connectivity index (χ1) is 10.9. The average molecular weight is 454 g/mol. The molecule has 1 rings (SSSR count). The van der Waals surface area contributed by atoms with Crippen molar-refractivity contribution in [3.63, 3.8) is 0 Å². The molecule has 0 heterocycles. The van der Waals surface area contributed by atoms with Crippen molar-refractivity contribution in [1.82, 2.24) is 0 Å². The van der Waals surface area contributed by atoms with Gasteiger partial charge in [0.15, 0.2) is 0 Å². The fourth-order valence-electron chi connectivity index (χ4n) is 2.24. The van der Waals surface area contributed by atoms with E-state index in [-0.39, 0.29) is 18.5 Å². The van der Waals surface area contributed by atoms with Gasteiger partial charge in [-0.25, -0.2) is 4.79 Å². The molecule has 23 heavy (non-hydrogen) atoms. The van der Waals surface area contributed by atoms with Gasteiger partial charge in [-0.1, -0.05) is 32.4 Å². The van der Waals surface area contributed by atoms with Crippen molar-refractivity contribution in [2.24, 2.45) is 5.92 Å². The Hall–Kier alpha value is -0.530. The summed E-state index contributed by atoms with van der Waals surface area (Å²) in [7, 11) is 0. The summed E-state index contributed by atoms with van der Waals surface area (Å²) >= 11 is 8.39. The largest absolute Gasteiger partial charge is 0.464 e. The number of aliphatic hydroxyl groups excluding tert-OH is 1. The van der Waals surface area contributed by atoms with Crippen LogP contribution in [0.4, 0.5) is 5.69 Å². The van der Waals surface area contributed by atoms with Gasteiger partial charge >= 0.3 is 5.97 Å². The molecule has 1 aromatic rings. The van der Waals surface area contributed by atoms with Crippen molar-refractivity contribution in [3.8, 4) is 0 Å². The first-order valence-electron chi connectivity index (χ1n) is 7.89. The predicted octanol–water partition coefficient (Wildman–Crippen LogP) is 4.11. The highest BCUT2D eigenvalue weighted by atomic mass is 127. The van der Waals surface area contributed by atoms with Crippen LogP contribution in [0.1, 0.15) is 33.6 Å². The maximum absolute atomic E-state index is 12.5. The highest BCUT2D eigenvalue weighted by Crippen LogP contribution is 2.27. The lowest BCUT2D eigenvalue weighted by molar-refractivity contribution is -0.146. The van der Waals surface area contributed by atoms with Crippen LogP contribution in [-0.4, -0.2) is 36.9 Å². The molecule has 4 nitrogen and oxygen atoms in total. The Bertz CT molecular complexity index is 511. The molecule has 0 aromatic heterocycles. The lowest BCUT2D eigenvalue weighted by Gasteiger charge is -2.32. The number of hydrogen-bond acceptors (Lipinski definition) is 4. The second-order valence-electron chi connectivity index (χ2n) is 5.84. The fourth-order valence-corrected chi connectivity index (χ4v) is 2.75. The quantitative estimate of drug-likeness (QED) is 0.451. The standard InChI is InChI=1S/C17H25ClINO3/c1-4-8-20(13-5-6-15(19)14(18)10-13)16(7-9-21)17(22)23-11-12(2)3/h5-6,10,12,16,21H,4,7-9,11H2,1-3H3/t16-/m0/s1. The summed E-state index contributed by atoms with van der Waals surface area (Å²) in [4.78, 5) is 14.4. The van der Waals surface area contributed by atoms with Gasteiger partial charge < -0.3 is 14.7 Å². The maximum Gasteiger partial charge on any atom is 0.328 e. The molecule has 0 aliphatic heterocycles. The number of anilines is 1. The van der Waals surface area contributed by atoms with Crippen LogP contribution >= 0.6 is 34.2 Å². The summed E-state index contributed by atoms with van der Waals surface area (Å²) in [6.45, 7) is 7.05. The Morgan fingerprint density at radius 3 is 2.65 bits per heavy atom. The second-order valence-corrected chi connectivity index (χ2v) is 7.41. The topological polar surface area (TPSA) is 49.8 Å². The van der Waals surface area contributed by atoms with Crippen molar-refractivity contribution in [2.75, 3.05) is 24.7 Å². The van der Waals surface area contributed by atoms with Gasteiger partial charge in [-0.15, -0.1) is 0 Å². The Labute approximate surface area is 157 Å². The number of carbonyl (C=O) groups is 1. The van der Waals surface area contributed by atoms with Gasteiger partial charge in [-0.3, -0.25) is 0 Å². The molecule has 0 amide bonds. The number of nitrogens with zero attached hydrogens (tertiary/aromatic N) is 1. The summed E-state index contributed by atoms with van der Waals surface area (Å²) in [6, 6.07) is 5.23. The van der Waals surface area contributed by atoms with Crippen LogP contribution in [0.2, 0.25) is 5.02 Å². The van der Waals surface area contributed by atoms with E-state index in [0.29, 0.717) is 24.6 Å². The Balaban J connectivity index is 3.04. The van der Waals surface area contributed by atoms with Crippen molar-refractivity contribution < 1.29 is 14.6 Å². The van der Waals surface area contributed by atoms with Gasteiger partial charge in [0.25, 0.3) is 0 Å². The number of benzene rings is 1. The minimum absolute atomic E-state index is 0.0697. The third-order valence-corrected chi connectivity index (χ3v) is 4.88. The zero-order chi connectivity index (χ0) is 17.4. The number of halogens is 2. The van der Waals surface area contributed by atoms with Crippen molar-refractivity contribution in [1.29, 1.82) is 0 Å². The molecule has 0 aliphatic carbocycles. The second kappa shape index (κ2) is 10.4. The maximum atomic E-state index is 12.5. The Morgan fingerprint density at radius 1 is 1.43 bits per heavy atom. The van der Waals surface area contributed by atoms with Gasteiger partial charge in [-0.05, 0) is 53.1 Å². The lowest BCUT2D eigenvalue weighted by Crippen LogP contribution is -2.44. The van der Waals surface area contributed by atoms with Gasteiger partial charge in [0.2, 0.25) is 0 Å². The fraction of sp³-hybridized carbons (Fsp3) is 0.588. The van der Waals surface area contributed by atoms with Crippen LogP contribution in [0.25, 0.3) is 0 Å². The molecule has 0 spiro atoms. The average Bonchev–Trinajstić information content (AvgIpc) is 2.51. The van der Waals surface area contributed by atoms with E-state index in [4.69, 9.17) is 16.3 Å². The van der Waals surface area contributed by atoms with E-state index in [0.717, 1.165) is 15.7 Å². The molecule has 0 radical (unpaired) electrons. The molecule has 0 fully saturated rings. The van der Waals surface area contributed by atoms with Gasteiger partial charge in [0.1, 0.15) is 6.04 Å². The Morgan fingerprint density at radius 2 is 2.13 bits per heavy atom. The van der Waals surface area contributed by atoms with Gasteiger partial charge in [-0.2, -0.15) is 0 Å². The van der Waals surface area contributed by atoms with Crippen molar-refractivity contribution in [3.05, 3.63) is 26.8 Å². The summed E-state index contributed by atoms with van der Waals surface area (Å²) in [5, 5.41) is 10.0. The molecule has 6 heteroatoms. The smallest absolute Gasteiger partial charge is 0.328 e. The molecule has 0 bridgehead atoms. The normalized spacial score (nSPS) is 12.3. The SMILES string of the molecule is CCCN(c1ccc(I)c(Cl)c1)[C@@H](CCO)C(=O)OCC(C)C. The van der Waals surface area contributed by atoms with Gasteiger partial charge in [0.05, 0.1) is 11.6 Å². The van der Waals surface area contributed by atoms with Crippen LogP contribution < -0.4 is 4.90 Å². The van der Waals surface area contributed by atoms with E-state index in [2.05, 4.69) is 29.5 Å². The van der Waals surface area contributed by atoms with Crippen LogP contribution in [0, 0.1) is 9.49 Å². The minimum Gasteiger partial charge on any atom is -0.464 e. The molecular weight excluding hydrogens is 429 g/mol. The molecule has 0 unspecified atom stereocenters. The first kappa shape index (κ1) is 20.5. The molecule has 1 N–H and O–H groups in total. The number of carbonyl (C=O) groups excluding carboxylic acids is 1. The molecule has 0 saturated carbocycles. The molecule has 0 aliphatic rings. The monoisotopic (exact) mass is 453 g/mol. The first-order valence-corrected chi connectivity index (χ1v) is 9.35.